The molecule has 0 saturated carbocycles. The number of nitro benzene ring substituents is 1. The van der Waals surface area contributed by atoms with Gasteiger partial charge in [-0.1, -0.05) is 18.2 Å². The van der Waals surface area contributed by atoms with Gasteiger partial charge in [-0.3, -0.25) is 20.3 Å². The number of carbonyl (C=O) groups excluding carboxylic acids is 1. The van der Waals surface area contributed by atoms with Crippen LogP contribution >= 0.6 is 0 Å². The number of nitro groups is 1. The molecule has 2 aliphatic carbocycles. The van der Waals surface area contributed by atoms with Crippen LogP contribution in [-0.2, 0) is 50.6 Å². The molecule has 342 valence electrons. The maximum absolute atomic E-state index is 13.5. The van der Waals surface area contributed by atoms with Gasteiger partial charge in [0.25, 0.3) is 5.69 Å². The third-order valence-electron chi connectivity index (χ3n) is 8.68. The number of carbonyl (C=O) groups is 1. The molecule has 0 radical (unpaired) electrons. The van der Waals surface area contributed by atoms with Crippen molar-refractivity contribution in [1.29, 1.82) is 0 Å². The molecular formula is C36H20N7Na5O18S5. The molecule has 0 aliphatic heterocycles. The van der Waals surface area contributed by atoms with Crippen LogP contribution in [0, 0.1) is 10.1 Å². The maximum Gasteiger partial charge on any atom is 1.00 e. The second kappa shape index (κ2) is 26.6. The summed E-state index contributed by atoms with van der Waals surface area (Å²) in [5.74, 6) is -1.21. The van der Waals surface area contributed by atoms with Gasteiger partial charge < -0.3 is 22.8 Å². The van der Waals surface area contributed by atoms with Gasteiger partial charge in [0.05, 0.1) is 52.2 Å². The van der Waals surface area contributed by atoms with Gasteiger partial charge in [-0.2, -0.15) is 15.3 Å². The summed E-state index contributed by atoms with van der Waals surface area (Å²) in [6.45, 7) is 0. The van der Waals surface area contributed by atoms with E-state index in [9.17, 15) is 79.8 Å². The Morgan fingerprint density at radius 2 is 1.07 bits per heavy atom. The molecule has 4 aromatic rings. The van der Waals surface area contributed by atoms with Crippen LogP contribution in [-0.4, -0.2) is 92.7 Å². The van der Waals surface area contributed by atoms with Crippen LogP contribution < -0.4 is 153 Å². The Kier molecular flexibility index (Phi) is 25.0. The maximum atomic E-state index is 13.5. The van der Waals surface area contributed by atoms with Crippen molar-refractivity contribution < 1.29 is 222 Å². The van der Waals surface area contributed by atoms with Crippen LogP contribution in [0.2, 0.25) is 0 Å². The van der Waals surface area contributed by atoms with Crippen molar-refractivity contribution >= 4 is 114 Å². The fourth-order valence-corrected chi connectivity index (χ4v) is 8.80. The first-order chi connectivity index (χ1) is 30.6. The molecular weight excluding hydrogens is 1090 g/mol. The van der Waals surface area contributed by atoms with E-state index in [4.69, 9.17) is 0 Å². The zero-order chi connectivity index (χ0) is 48.6. The number of ketones is 1. The first-order valence-electron chi connectivity index (χ1n) is 17.3. The van der Waals surface area contributed by atoms with Crippen molar-refractivity contribution in [2.45, 2.75) is 14.7 Å². The fourth-order valence-electron chi connectivity index (χ4n) is 5.68. The second-order valence-corrected chi connectivity index (χ2v) is 19.8. The molecule has 0 amide bonds. The molecule has 0 atom stereocenters. The van der Waals surface area contributed by atoms with Crippen LogP contribution in [0.5, 0.6) is 0 Å². The minimum Gasteiger partial charge on any atom is -0.744 e. The smallest absolute Gasteiger partial charge is 0.744 e. The van der Waals surface area contributed by atoms with Gasteiger partial charge >= 0.3 is 148 Å². The summed E-state index contributed by atoms with van der Waals surface area (Å²) in [7, 11) is -26.2. The molecule has 6 rings (SSSR count). The monoisotopic (exact) mass is 1110 g/mol. The third kappa shape index (κ3) is 17.5. The summed E-state index contributed by atoms with van der Waals surface area (Å²) in [5.41, 5.74) is -1.80. The Morgan fingerprint density at radius 3 is 1.59 bits per heavy atom. The Hall–Kier alpha value is -2.13. The van der Waals surface area contributed by atoms with Crippen LogP contribution in [0.15, 0.2) is 147 Å². The summed E-state index contributed by atoms with van der Waals surface area (Å²) in [6, 6.07) is 12.8. The molecule has 71 heavy (non-hydrogen) atoms. The van der Waals surface area contributed by atoms with E-state index in [0.29, 0.717) is 12.1 Å². The molecule has 1 N–H and O–H groups in total. The van der Waals surface area contributed by atoms with E-state index >= 15 is 0 Å². The Balaban J connectivity index is 0.00000504. The van der Waals surface area contributed by atoms with Gasteiger partial charge in [0, 0.05) is 17.7 Å². The average molecular weight is 1110 g/mol. The number of rotatable bonds is 13. The molecule has 0 unspecified atom stereocenters. The molecule has 25 nitrogen and oxygen atoms in total. The number of non-ortho nitro benzene ring substituents is 1. The summed E-state index contributed by atoms with van der Waals surface area (Å²) >= 11 is 0. The summed E-state index contributed by atoms with van der Waals surface area (Å²) < 4.78 is 179. The quantitative estimate of drug-likeness (QED) is 0.0247. The number of Topliss-reactive ketones (excluding diaryl/α,β-unsaturated/α-hetero) is 1. The second-order valence-electron chi connectivity index (χ2n) is 13.1. The predicted octanol–water partition coefficient (Wildman–Crippen LogP) is -11.7. The predicted molar refractivity (Wildman–Crippen MR) is 224 cm³/mol. The van der Waals surface area contributed by atoms with E-state index in [-0.39, 0.29) is 193 Å². The normalized spacial score (nSPS) is 15.6. The fraction of sp³-hybridized carbons (Fsp3) is 0. The average Bonchev–Trinajstić information content (AvgIpc) is 3.22. The minimum absolute atomic E-state index is 0. The summed E-state index contributed by atoms with van der Waals surface area (Å²) in [5, 5.41) is 29.8. The molecule has 2 aliphatic rings. The van der Waals surface area contributed by atoms with Crippen molar-refractivity contribution in [3.8, 4) is 0 Å². The van der Waals surface area contributed by atoms with E-state index in [1.807, 2.05) is 0 Å². The van der Waals surface area contributed by atoms with E-state index in [1.165, 1.54) is 0 Å². The van der Waals surface area contributed by atoms with Crippen molar-refractivity contribution in [3.05, 3.63) is 139 Å². The molecule has 0 fully saturated rings. The van der Waals surface area contributed by atoms with Crippen molar-refractivity contribution in [2.24, 2.45) is 25.5 Å². The Labute approximate surface area is 514 Å². The van der Waals surface area contributed by atoms with Crippen molar-refractivity contribution in [2.75, 3.05) is 5.43 Å². The van der Waals surface area contributed by atoms with E-state index in [2.05, 4.69) is 31.0 Å². The van der Waals surface area contributed by atoms with Gasteiger partial charge in [0.1, 0.15) is 56.3 Å². The first-order valence-corrected chi connectivity index (χ1v) is 24.4. The Morgan fingerprint density at radius 1 is 0.549 bits per heavy atom. The standard InChI is InChI=1S/C36H25N7O18S5.5Na/c44-36-29-13-8-24(38-40-25-5-3-20(31(17-25)63(50,51)52)1-2-21-4-10-27(43(45)46)19-32(21)64(53,54)55)15-22(29)16-34(66(59,60)61)35(36)42-41-30-14-9-26(18-33(30)65(56,57)58)39-37-23-6-11-28(12-7-23)62(47,48)49;;;;;/h1-19,37H,(H,47,48,49)(H,50,51,52)(H,53,54,55)(H,56,57,58)(H,59,60,61);;;;;/q;5*+1/p-5/b2-1+,39-26?,40-38?,41-30?,42-35?;;;;;. The SMILES string of the molecule is O=C1C(=NN=C2C=CC(=NNc3ccc(S(=O)(=O)[O-])cc3)C=C2S(=O)(=O)[O-])C(S(=O)(=O)[O-])=Cc2cc(N=Nc3ccc(/C=C/c4ccc([N+](=O)[O-])cc4S(=O)(=O)[O-])c(S(=O)(=O)[O-])c3)ccc21.[Na+].[Na+].[Na+].[Na+].[Na+]. The zero-order valence-corrected chi connectivity index (χ0v) is 51.1. The van der Waals surface area contributed by atoms with Crippen molar-refractivity contribution in [1.82, 2.24) is 0 Å². The molecule has 0 bridgehead atoms. The van der Waals surface area contributed by atoms with Gasteiger partial charge in [-0.05, 0) is 102 Å². The van der Waals surface area contributed by atoms with Crippen LogP contribution in [0.4, 0.5) is 22.7 Å². The van der Waals surface area contributed by atoms with Gasteiger partial charge in [-0.15, -0.1) is 10.2 Å². The van der Waals surface area contributed by atoms with E-state index in [0.717, 1.165) is 103 Å². The number of nitrogens with zero attached hydrogens (tertiary/aromatic N) is 6. The number of benzene rings is 4. The number of azo groups is 1. The molecule has 0 spiro atoms. The molecule has 0 saturated heterocycles. The number of allylic oxidation sites excluding steroid dienone is 5. The molecule has 0 aromatic heterocycles. The summed E-state index contributed by atoms with van der Waals surface area (Å²) in [6.07, 6.45) is 5.30. The summed E-state index contributed by atoms with van der Waals surface area (Å²) in [4.78, 5) is 18.9. The van der Waals surface area contributed by atoms with E-state index < -0.39 is 103 Å². The largest absolute Gasteiger partial charge is 1.00 e. The molecule has 0 heterocycles. The van der Waals surface area contributed by atoms with Gasteiger partial charge in [0.2, 0.25) is 5.78 Å². The van der Waals surface area contributed by atoms with E-state index in [1.54, 1.807) is 0 Å². The number of hydrogen-bond acceptors (Lipinski definition) is 24. The third-order valence-corrected chi connectivity index (χ3v) is 13.0. The zero-order valence-electron chi connectivity index (χ0n) is 37.0. The van der Waals surface area contributed by atoms with Crippen LogP contribution in [0.25, 0.3) is 18.2 Å². The number of anilines is 1. The number of fused-ring (bicyclic) bond motifs is 1. The van der Waals surface area contributed by atoms with Gasteiger partial charge in [-0.25, -0.2) is 42.1 Å². The Bertz CT molecular complexity index is 3640. The van der Waals surface area contributed by atoms with Crippen LogP contribution in [0.1, 0.15) is 27.0 Å². The van der Waals surface area contributed by atoms with Crippen molar-refractivity contribution in [3.63, 3.8) is 0 Å². The molecule has 35 heteroatoms. The number of nitrogens with one attached hydrogen (secondary N) is 1. The van der Waals surface area contributed by atoms with Gasteiger partial charge in [0.15, 0.2) is 5.71 Å². The topological polar surface area (TPSA) is 420 Å². The van der Waals surface area contributed by atoms with Crippen LogP contribution in [0.3, 0.4) is 0 Å². The molecule has 4 aromatic carbocycles. The number of hydrogen-bond donors (Lipinski definition) is 1. The number of hydrazone groups is 1. The first kappa shape index (κ1) is 66.9. The minimum atomic E-state index is -5.55.